The van der Waals surface area contributed by atoms with Crippen LogP contribution in [0.3, 0.4) is 0 Å². The van der Waals surface area contributed by atoms with Gasteiger partial charge in [0.2, 0.25) is 0 Å². The number of hydrogen-bond acceptors (Lipinski definition) is 4. The van der Waals surface area contributed by atoms with Crippen LogP contribution in [0.2, 0.25) is 0 Å². The van der Waals surface area contributed by atoms with Crippen LogP contribution < -0.4 is 4.90 Å². The summed E-state index contributed by atoms with van der Waals surface area (Å²) in [5.74, 6) is 0.544. The Hall–Kier alpha value is -2.04. The van der Waals surface area contributed by atoms with Crippen LogP contribution in [0.4, 0.5) is 5.82 Å². The lowest BCUT2D eigenvalue weighted by Gasteiger charge is -2.16. The van der Waals surface area contributed by atoms with Crippen molar-refractivity contribution in [1.82, 2.24) is 9.55 Å². The highest BCUT2D eigenvalue weighted by Gasteiger charge is 2.08. The van der Waals surface area contributed by atoms with Gasteiger partial charge in [-0.25, -0.2) is 4.98 Å². The van der Waals surface area contributed by atoms with Crippen molar-refractivity contribution in [2.45, 2.75) is 6.54 Å². The molecule has 2 rings (SSSR count). The van der Waals surface area contributed by atoms with Gasteiger partial charge in [0.1, 0.15) is 6.54 Å². The molecule has 0 N–H and O–H groups in total. The largest absolute Gasteiger partial charge is 0.468 e. The van der Waals surface area contributed by atoms with Crippen LogP contribution in [0.1, 0.15) is 0 Å². The van der Waals surface area contributed by atoms with Crippen LogP contribution in [-0.2, 0) is 16.1 Å². The lowest BCUT2D eigenvalue weighted by atomic mass is 10.3. The Kier molecular flexibility index (Phi) is 3.05. The van der Waals surface area contributed by atoms with Crippen LogP contribution in [0.5, 0.6) is 0 Å². The van der Waals surface area contributed by atoms with E-state index in [1.807, 2.05) is 35.5 Å². The molecule has 0 unspecified atom stereocenters. The normalized spacial score (nSPS) is 14.2. The van der Waals surface area contributed by atoms with Crippen molar-refractivity contribution in [3.05, 3.63) is 37.0 Å². The van der Waals surface area contributed by atoms with Gasteiger partial charge in [0.05, 0.1) is 13.4 Å². The highest BCUT2D eigenvalue weighted by molar-refractivity contribution is 5.69. The van der Waals surface area contributed by atoms with Crippen LogP contribution in [0.25, 0.3) is 0 Å². The maximum atomic E-state index is 11.1. The first-order chi connectivity index (χ1) is 7.79. The van der Waals surface area contributed by atoms with E-state index in [2.05, 4.69) is 9.72 Å². The molecule has 1 aliphatic heterocycles. The number of ether oxygens (including phenoxy) is 1. The van der Waals surface area contributed by atoms with Crippen LogP contribution >= 0.6 is 0 Å². The SMILES string of the molecule is COC(=O)Cn1cnc(N2C=CC=CC2)c1. The molecule has 0 bridgehead atoms. The molecule has 0 saturated carbocycles. The van der Waals surface area contributed by atoms with E-state index in [-0.39, 0.29) is 12.5 Å². The summed E-state index contributed by atoms with van der Waals surface area (Å²) in [6.45, 7) is 0.989. The zero-order valence-corrected chi connectivity index (χ0v) is 9.04. The standard InChI is InChI=1S/C11H13N3O2/c1-16-11(15)8-13-7-10(12-9-13)14-5-3-2-4-6-14/h2-5,7,9H,6,8H2,1H3. The smallest absolute Gasteiger partial charge is 0.325 e. The van der Waals surface area contributed by atoms with Gasteiger partial charge >= 0.3 is 5.97 Å². The zero-order chi connectivity index (χ0) is 11.4. The van der Waals surface area contributed by atoms with Gasteiger partial charge in [-0.2, -0.15) is 0 Å². The first kappa shape index (κ1) is 10.5. The molecule has 0 aliphatic carbocycles. The maximum absolute atomic E-state index is 11.1. The minimum Gasteiger partial charge on any atom is -0.468 e. The fourth-order valence-corrected chi connectivity index (χ4v) is 1.43. The summed E-state index contributed by atoms with van der Waals surface area (Å²) < 4.78 is 6.28. The molecule has 5 nitrogen and oxygen atoms in total. The van der Waals surface area contributed by atoms with E-state index in [1.54, 1.807) is 10.9 Å². The molecule has 0 fully saturated rings. The second kappa shape index (κ2) is 4.65. The lowest BCUT2D eigenvalue weighted by molar-refractivity contribution is -0.141. The van der Waals surface area contributed by atoms with E-state index in [0.717, 1.165) is 12.4 Å². The third-order valence-corrected chi connectivity index (χ3v) is 2.27. The summed E-state index contributed by atoms with van der Waals surface area (Å²) in [5.41, 5.74) is 0. The summed E-state index contributed by atoms with van der Waals surface area (Å²) in [6.07, 6.45) is 11.4. The molecular weight excluding hydrogens is 206 g/mol. The molecule has 5 heteroatoms. The Morgan fingerprint density at radius 1 is 1.56 bits per heavy atom. The van der Waals surface area contributed by atoms with Crippen molar-refractivity contribution in [1.29, 1.82) is 0 Å². The van der Waals surface area contributed by atoms with Crippen molar-refractivity contribution < 1.29 is 9.53 Å². The summed E-state index contributed by atoms with van der Waals surface area (Å²) in [6, 6.07) is 0. The maximum Gasteiger partial charge on any atom is 0.325 e. The molecule has 84 valence electrons. The molecule has 0 radical (unpaired) electrons. The summed E-state index contributed by atoms with van der Waals surface area (Å²) in [5, 5.41) is 0. The molecule has 0 atom stereocenters. The molecule has 1 aromatic rings. The van der Waals surface area contributed by atoms with Gasteiger partial charge in [0.15, 0.2) is 5.82 Å². The Morgan fingerprint density at radius 2 is 2.44 bits per heavy atom. The molecule has 0 saturated heterocycles. The monoisotopic (exact) mass is 219 g/mol. The molecule has 16 heavy (non-hydrogen) atoms. The quantitative estimate of drug-likeness (QED) is 0.710. The van der Waals surface area contributed by atoms with Crippen molar-refractivity contribution in [3.8, 4) is 0 Å². The number of anilines is 1. The predicted molar refractivity (Wildman–Crippen MR) is 59.9 cm³/mol. The summed E-state index contributed by atoms with van der Waals surface area (Å²) in [4.78, 5) is 17.3. The number of allylic oxidation sites excluding steroid dienone is 2. The molecule has 1 aromatic heterocycles. The van der Waals surface area contributed by atoms with E-state index in [0.29, 0.717) is 0 Å². The van der Waals surface area contributed by atoms with Crippen molar-refractivity contribution in [2.75, 3.05) is 18.6 Å². The predicted octanol–water partition coefficient (Wildman–Crippen LogP) is 0.946. The van der Waals surface area contributed by atoms with Gasteiger partial charge in [0.25, 0.3) is 0 Å². The second-order valence-corrected chi connectivity index (χ2v) is 3.40. The van der Waals surface area contributed by atoms with E-state index in [9.17, 15) is 4.79 Å². The first-order valence-corrected chi connectivity index (χ1v) is 4.98. The van der Waals surface area contributed by atoms with Crippen LogP contribution in [0, 0.1) is 0 Å². The van der Waals surface area contributed by atoms with Gasteiger partial charge in [0, 0.05) is 18.9 Å². The topological polar surface area (TPSA) is 47.4 Å². The molecule has 1 aliphatic rings. The number of carbonyl (C=O) groups is 1. The summed E-state index contributed by atoms with van der Waals surface area (Å²) >= 11 is 0. The lowest BCUT2D eigenvalue weighted by Crippen LogP contribution is -2.17. The highest BCUT2D eigenvalue weighted by atomic mass is 16.5. The highest BCUT2D eigenvalue weighted by Crippen LogP contribution is 2.13. The van der Waals surface area contributed by atoms with Crippen molar-refractivity contribution >= 4 is 11.8 Å². The number of esters is 1. The van der Waals surface area contributed by atoms with Crippen LogP contribution in [0.15, 0.2) is 37.0 Å². The van der Waals surface area contributed by atoms with Crippen molar-refractivity contribution in [2.24, 2.45) is 0 Å². The Balaban J connectivity index is 2.04. The van der Waals surface area contributed by atoms with E-state index in [4.69, 9.17) is 0 Å². The second-order valence-electron chi connectivity index (χ2n) is 3.40. The number of nitrogens with zero attached hydrogens (tertiary/aromatic N) is 3. The van der Waals surface area contributed by atoms with Crippen molar-refractivity contribution in [3.63, 3.8) is 0 Å². The number of aromatic nitrogens is 2. The fraction of sp³-hybridized carbons (Fsp3) is 0.273. The average Bonchev–Trinajstić information content (AvgIpc) is 2.78. The van der Waals surface area contributed by atoms with Gasteiger partial charge in [-0.15, -0.1) is 0 Å². The first-order valence-electron chi connectivity index (χ1n) is 4.98. The van der Waals surface area contributed by atoms with Gasteiger partial charge < -0.3 is 14.2 Å². The molecule has 0 spiro atoms. The van der Waals surface area contributed by atoms with Gasteiger partial charge in [-0.05, 0) is 6.08 Å². The Labute approximate surface area is 93.6 Å². The number of imidazole rings is 1. The van der Waals surface area contributed by atoms with E-state index < -0.39 is 0 Å². The minimum atomic E-state index is -0.280. The third-order valence-electron chi connectivity index (χ3n) is 2.27. The zero-order valence-electron chi connectivity index (χ0n) is 9.04. The minimum absolute atomic E-state index is 0.191. The number of methoxy groups -OCH3 is 1. The number of carbonyl (C=O) groups excluding carboxylic acids is 1. The Morgan fingerprint density at radius 3 is 3.12 bits per heavy atom. The van der Waals surface area contributed by atoms with E-state index in [1.165, 1.54) is 7.11 Å². The Bertz CT molecular complexity index is 434. The molecular formula is C11H13N3O2. The molecule has 0 amide bonds. The molecule has 2 heterocycles. The van der Waals surface area contributed by atoms with Crippen LogP contribution in [-0.4, -0.2) is 29.2 Å². The number of hydrogen-bond donors (Lipinski definition) is 0. The number of rotatable bonds is 3. The average molecular weight is 219 g/mol. The van der Waals surface area contributed by atoms with Gasteiger partial charge in [-0.1, -0.05) is 12.2 Å². The summed E-state index contributed by atoms with van der Waals surface area (Å²) in [7, 11) is 1.37. The fourth-order valence-electron chi connectivity index (χ4n) is 1.43. The third kappa shape index (κ3) is 2.31. The molecule has 0 aromatic carbocycles. The van der Waals surface area contributed by atoms with E-state index >= 15 is 0 Å². The van der Waals surface area contributed by atoms with Gasteiger partial charge in [-0.3, -0.25) is 4.79 Å².